The Morgan fingerprint density at radius 3 is 1.01 bits per heavy atom. The molecule has 0 aromatic carbocycles. The Morgan fingerprint density at radius 1 is 0.381 bits per heavy atom. The normalized spacial score (nSPS) is 13.5. The number of quaternary nitrogens is 1. The first-order valence-corrected chi connectivity index (χ1v) is 37.2. The first-order chi connectivity index (χ1) is 41.0. The van der Waals surface area contributed by atoms with Gasteiger partial charge in [0.15, 0.2) is 6.10 Å². The van der Waals surface area contributed by atoms with Crippen molar-refractivity contribution < 1.29 is 42.1 Å². The average molecular weight is 1200 g/mol. The van der Waals surface area contributed by atoms with Crippen LogP contribution in [0.2, 0.25) is 0 Å². The van der Waals surface area contributed by atoms with Crippen LogP contribution >= 0.6 is 7.82 Å². The van der Waals surface area contributed by atoms with Gasteiger partial charge in [-0.1, -0.05) is 311 Å². The van der Waals surface area contributed by atoms with E-state index in [1.807, 2.05) is 21.1 Å². The van der Waals surface area contributed by atoms with Crippen LogP contribution in [-0.2, 0) is 32.7 Å². The molecule has 0 bridgehead atoms. The van der Waals surface area contributed by atoms with Gasteiger partial charge in [0.1, 0.15) is 19.8 Å². The summed E-state index contributed by atoms with van der Waals surface area (Å²) in [5.41, 5.74) is 0. The van der Waals surface area contributed by atoms with Crippen LogP contribution in [0.15, 0.2) is 72.9 Å². The van der Waals surface area contributed by atoms with Gasteiger partial charge in [0.25, 0.3) is 0 Å². The van der Waals surface area contributed by atoms with Crippen molar-refractivity contribution >= 4 is 19.8 Å². The lowest BCUT2D eigenvalue weighted by molar-refractivity contribution is -0.870. The molecule has 10 heteroatoms. The fourth-order valence-electron chi connectivity index (χ4n) is 10.3. The second-order valence-electron chi connectivity index (χ2n) is 25.2. The Morgan fingerprint density at radius 2 is 0.679 bits per heavy atom. The monoisotopic (exact) mass is 1200 g/mol. The highest BCUT2D eigenvalue weighted by atomic mass is 31.2. The number of hydrogen-bond donors (Lipinski definition) is 1. The fourth-order valence-corrected chi connectivity index (χ4v) is 11.0. The summed E-state index contributed by atoms with van der Waals surface area (Å²) in [6, 6.07) is 0. The van der Waals surface area contributed by atoms with Crippen LogP contribution < -0.4 is 0 Å². The Labute approximate surface area is 520 Å². The number of unbranched alkanes of at least 4 members (excludes halogenated alkanes) is 40. The van der Waals surface area contributed by atoms with E-state index in [2.05, 4.69) is 86.8 Å². The summed E-state index contributed by atoms with van der Waals surface area (Å²) >= 11 is 0. The molecule has 84 heavy (non-hydrogen) atoms. The third-order valence-corrected chi connectivity index (χ3v) is 16.7. The summed E-state index contributed by atoms with van der Waals surface area (Å²) in [7, 11) is 1.48. The van der Waals surface area contributed by atoms with Gasteiger partial charge in [0.05, 0.1) is 27.7 Å². The molecule has 0 aliphatic carbocycles. The summed E-state index contributed by atoms with van der Waals surface area (Å²) in [6.45, 7) is 4.35. The highest BCUT2D eigenvalue weighted by molar-refractivity contribution is 7.47. The molecule has 0 rings (SSSR count). The van der Waals surface area contributed by atoms with E-state index < -0.39 is 26.5 Å². The minimum absolute atomic E-state index is 0.0310. The lowest BCUT2D eigenvalue weighted by Crippen LogP contribution is -2.37. The first kappa shape index (κ1) is 81.5. The minimum Gasteiger partial charge on any atom is -0.462 e. The Kier molecular flexibility index (Phi) is 62.9. The molecule has 0 amide bonds. The largest absolute Gasteiger partial charge is 0.472 e. The average Bonchev–Trinajstić information content (AvgIpc) is 3.60. The molecule has 0 fully saturated rings. The van der Waals surface area contributed by atoms with E-state index in [1.165, 1.54) is 231 Å². The van der Waals surface area contributed by atoms with Gasteiger partial charge in [0.2, 0.25) is 0 Å². The molecule has 490 valence electrons. The van der Waals surface area contributed by atoms with E-state index in [1.54, 1.807) is 0 Å². The molecule has 0 heterocycles. The van der Waals surface area contributed by atoms with Crippen LogP contribution in [0.4, 0.5) is 0 Å². The van der Waals surface area contributed by atoms with Crippen molar-refractivity contribution in [3.8, 4) is 0 Å². The SMILES string of the molecule is CC/C=C\C/C=C\C/C=C\C/C=C\CCCCCCCCCCCCCCC(=O)OC(COC(=O)CCCCCCCCCCCCCCCCCCCCCCCCC/C=C\C/C=C\CCCCCCC)COP(=O)(O)OCC[N+](C)(C)C. The number of nitrogens with zero attached hydrogens (tertiary/aromatic N) is 1. The Hall–Kier alpha value is -2.55. The molecule has 0 aliphatic heterocycles. The highest BCUT2D eigenvalue weighted by Gasteiger charge is 2.27. The topological polar surface area (TPSA) is 108 Å². The fraction of sp³-hybridized carbons (Fsp3) is 0.811. The number of rotatable bonds is 66. The molecule has 2 unspecified atom stereocenters. The standard InChI is InChI=1S/C74H136NO8P/c1-6-8-10-12-14-16-18-20-22-24-26-28-30-32-33-34-35-36-37-38-39-40-41-43-44-46-48-50-52-54-56-58-60-62-64-66-73(76)80-70-72(71-82-84(78,79)81-69-68-75(3,4)5)83-74(77)67-65-63-61-59-57-55-53-51-49-47-45-42-31-29-27-25-23-21-19-17-15-13-11-9-7-2/h9,11,15,17-18,20-21,23-24,26-27,29,72H,6-8,10,12-14,16,19,22,25,28,30-71H2,1-5H3/p+1/b11-9-,17-15-,20-18-,23-21-,26-24-,29-27-. The van der Waals surface area contributed by atoms with E-state index in [0.29, 0.717) is 23.9 Å². The smallest absolute Gasteiger partial charge is 0.462 e. The van der Waals surface area contributed by atoms with Crippen LogP contribution in [0.25, 0.3) is 0 Å². The number of esters is 2. The number of allylic oxidation sites excluding steroid dienone is 12. The van der Waals surface area contributed by atoms with Gasteiger partial charge in [-0.05, 0) is 83.5 Å². The quantitative estimate of drug-likeness (QED) is 0.0211. The molecule has 1 N–H and O–H groups in total. The zero-order valence-electron chi connectivity index (χ0n) is 55.9. The van der Waals surface area contributed by atoms with Crippen LogP contribution in [0.5, 0.6) is 0 Å². The molecular weight excluding hydrogens is 1060 g/mol. The molecule has 2 atom stereocenters. The van der Waals surface area contributed by atoms with Crippen molar-refractivity contribution in [2.24, 2.45) is 0 Å². The number of phosphoric ester groups is 1. The lowest BCUT2D eigenvalue weighted by atomic mass is 10.0. The number of ether oxygens (including phenoxy) is 2. The summed E-state index contributed by atoms with van der Waals surface area (Å²) in [5.74, 6) is -0.786. The third-order valence-electron chi connectivity index (χ3n) is 15.7. The van der Waals surface area contributed by atoms with E-state index in [-0.39, 0.29) is 25.6 Å². The molecule has 0 aliphatic rings. The molecule has 0 spiro atoms. The first-order valence-electron chi connectivity index (χ1n) is 35.7. The summed E-state index contributed by atoms with van der Waals surface area (Å²) in [6.07, 6.45) is 87.3. The van der Waals surface area contributed by atoms with Crippen LogP contribution in [0.1, 0.15) is 335 Å². The maximum Gasteiger partial charge on any atom is 0.472 e. The number of hydrogen-bond acceptors (Lipinski definition) is 7. The van der Waals surface area contributed by atoms with Gasteiger partial charge in [-0.25, -0.2) is 4.57 Å². The number of phosphoric acid groups is 1. The predicted molar refractivity (Wildman–Crippen MR) is 363 cm³/mol. The Bertz CT molecular complexity index is 1650. The van der Waals surface area contributed by atoms with Crippen molar-refractivity contribution in [3.63, 3.8) is 0 Å². The molecular formula is C74H137NO8P+. The van der Waals surface area contributed by atoms with Gasteiger partial charge in [-0.15, -0.1) is 0 Å². The van der Waals surface area contributed by atoms with Crippen molar-refractivity contribution in [2.75, 3.05) is 47.5 Å². The Balaban J connectivity index is 3.98. The highest BCUT2D eigenvalue weighted by Crippen LogP contribution is 2.43. The zero-order chi connectivity index (χ0) is 61.2. The van der Waals surface area contributed by atoms with Crippen molar-refractivity contribution in [2.45, 2.75) is 341 Å². The molecule has 0 saturated carbocycles. The van der Waals surface area contributed by atoms with E-state index in [0.717, 1.165) is 70.6 Å². The van der Waals surface area contributed by atoms with E-state index in [4.69, 9.17) is 18.5 Å². The van der Waals surface area contributed by atoms with Crippen LogP contribution in [-0.4, -0.2) is 74.9 Å². The predicted octanol–water partition coefficient (Wildman–Crippen LogP) is 23.2. The van der Waals surface area contributed by atoms with E-state index in [9.17, 15) is 19.0 Å². The van der Waals surface area contributed by atoms with E-state index >= 15 is 0 Å². The molecule has 0 radical (unpaired) electrons. The van der Waals surface area contributed by atoms with Gasteiger partial charge < -0.3 is 18.9 Å². The van der Waals surface area contributed by atoms with Gasteiger partial charge in [-0.3, -0.25) is 18.6 Å². The minimum atomic E-state index is -4.39. The third kappa shape index (κ3) is 68.6. The summed E-state index contributed by atoms with van der Waals surface area (Å²) < 4.78 is 34.7. The van der Waals surface area contributed by atoms with Gasteiger partial charge in [0, 0.05) is 12.8 Å². The van der Waals surface area contributed by atoms with Gasteiger partial charge >= 0.3 is 19.8 Å². The second kappa shape index (κ2) is 64.9. The maximum absolute atomic E-state index is 12.9. The van der Waals surface area contributed by atoms with Gasteiger partial charge in [-0.2, -0.15) is 0 Å². The summed E-state index contributed by atoms with van der Waals surface area (Å²) in [4.78, 5) is 35.9. The number of carbonyl (C=O) groups excluding carboxylic acids is 2. The molecule has 0 aromatic heterocycles. The number of likely N-dealkylation sites (N-methyl/N-ethyl adjacent to an activating group) is 1. The molecule has 0 saturated heterocycles. The summed E-state index contributed by atoms with van der Waals surface area (Å²) in [5, 5.41) is 0. The molecule has 9 nitrogen and oxygen atoms in total. The van der Waals surface area contributed by atoms with Crippen LogP contribution in [0.3, 0.4) is 0 Å². The van der Waals surface area contributed by atoms with Crippen molar-refractivity contribution in [1.29, 1.82) is 0 Å². The van der Waals surface area contributed by atoms with Crippen molar-refractivity contribution in [3.05, 3.63) is 72.9 Å². The number of carbonyl (C=O) groups is 2. The zero-order valence-corrected chi connectivity index (χ0v) is 56.8. The maximum atomic E-state index is 12.9. The van der Waals surface area contributed by atoms with Crippen molar-refractivity contribution in [1.82, 2.24) is 0 Å². The second-order valence-corrected chi connectivity index (χ2v) is 26.7. The molecule has 0 aromatic rings. The lowest BCUT2D eigenvalue weighted by Gasteiger charge is -2.24. The van der Waals surface area contributed by atoms with Crippen LogP contribution in [0, 0.1) is 0 Å².